The normalized spacial score (nSPS) is 15.7. The first kappa shape index (κ1) is 15.3. The van der Waals surface area contributed by atoms with Crippen LogP contribution in [0.25, 0.3) is 10.9 Å². The summed E-state index contributed by atoms with van der Waals surface area (Å²) in [6.45, 7) is 6.09. The quantitative estimate of drug-likeness (QED) is 0.732. The second-order valence-electron chi connectivity index (χ2n) is 6.04. The van der Waals surface area contributed by atoms with E-state index in [4.69, 9.17) is 4.98 Å². The van der Waals surface area contributed by atoms with Gasteiger partial charge in [0.25, 0.3) is 0 Å². The summed E-state index contributed by atoms with van der Waals surface area (Å²) in [4.78, 5) is 14.2. The minimum atomic E-state index is 0.900. The number of anilines is 2. The number of hydrogen-bond donors (Lipinski definition) is 0. The van der Waals surface area contributed by atoms with Crippen molar-refractivity contribution in [2.75, 3.05) is 36.0 Å². The number of para-hydroxylation sites is 1. The molecule has 24 heavy (non-hydrogen) atoms. The molecular weight excluding hydrogens is 318 g/mol. The molecule has 1 aromatic carbocycles. The molecule has 0 aliphatic carbocycles. The number of benzene rings is 1. The van der Waals surface area contributed by atoms with E-state index in [-0.39, 0.29) is 0 Å². The third-order valence-electron chi connectivity index (χ3n) is 4.45. The lowest BCUT2D eigenvalue weighted by molar-refractivity contribution is 0.797. The molecule has 2 aromatic heterocycles. The Kier molecular flexibility index (Phi) is 4.30. The summed E-state index contributed by atoms with van der Waals surface area (Å²) in [5, 5.41) is 2.25. The van der Waals surface area contributed by atoms with Crippen molar-refractivity contribution in [3.63, 3.8) is 0 Å². The zero-order chi connectivity index (χ0) is 16.4. The van der Waals surface area contributed by atoms with Gasteiger partial charge in [0.2, 0.25) is 5.13 Å². The average molecular weight is 339 g/mol. The minimum absolute atomic E-state index is 0.900. The predicted octanol–water partition coefficient (Wildman–Crippen LogP) is 3.37. The van der Waals surface area contributed by atoms with Crippen LogP contribution in [0.4, 0.5) is 10.9 Å². The van der Waals surface area contributed by atoms with E-state index in [1.165, 1.54) is 16.9 Å². The lowest BCUT2D eigenvalue weighted by Crippen LogP contribution is -2.31. The maximum atomic E-state index is 4.84. The lowest BCUT2D eigenvalue weighted by atomic mass is 10.2. The Bertz CT molecular complexity index is 831. The summed E-state index contributed by atoms with van der Waals surface area (Å²) in [5.41, 5.74) is 1.06. The first-order chi connectivity index (χ1) is 11.8. The standard InChI is InChI=1S/C18H21N5S/c1-2-16-20-18(24-21-16)23-11-5-10-22(12-13-23)17-9-8-14-6-3-4-7-15(14)19-17/h3-4,6-9H,2,5,10-13H2,1H3. The molecule has 0 atom stereocenters. The van der Waals surface area contributed by atoms with Crippen molar-refractivity contribution in [2.24, 2.45) is 0 Å². The van der Waals surface area contributed by atoms with E-state index in [0.717, 1.165) is 61.3 Å². The Balaban J connectivity index is 1.51. The molecule has 5 nitrogen and oxygen atoms in total. The van der Waals surface area contributed by atoms with Gasteiger partial charge in [-0.3, -0.25) is 0 Å². The molecular formula is C18H21N5S. The highest BCUT2D eigenvalue weighted by Crippen LogP contribution is 2.22. The molecule has 3 heterocycles. The summed E-state index contributed by atoms with van der Waals surface area (Å²) >= 11 is 1.52. The fourth-order valence-electron chi connectivity index (χ4n) is 3.09. The first-order valence-electron chi connectivity index (χ1n) is 8.52. The maximum absolute atomic E-state index is 4.84. The Morgan fingerprint density at radius 1 is 0.958 bits per heavy atom. The highest BCUT2D eigenvalue weighted by atomic mass is 32.1. The van der Waals surface area contributed by atoms with E-state index < -0.39 is 0 Å². The first-order valence-corrected chi connectivity index (χ1v) is 9.29. The molecule has 3 aromatic rings. The number of aryl methyl sites for hydroxylation is 1. The van der Waals surface area contributed by atoms with Crippen LogP contribution in [0.15, 0.2) is 36.4 Å². The molecule has 0 saturated carbocycles. The molecule has 1 fully saturated rings. The fraction of sp³-hybridized carbons (Fsp3) is 0.389. The van der Waals surface area contributed by atoms with Crippen LogP contribution in [0.5, 0.6) is 0 Å². The summed E-state index contributed by atoms with van der Waals surface area (Å²) in [6.07, 6.45) is 2.01. The molecule has 6 heteroatoms. The molecule has 0 unspecified atom stereocenters. The molecule has 124 valence electrons. The SMILES string of the molecule is CCc1nsc(N2CCCN(c3ccc4ccccc4n3)CC2)n1. The third kappa shape index (κ3) is 3.06. The molecule has 0 spiro atoms. The number of fused-ring (bicyclic) bond motifs is 1. The summed E-state index contributed by atoms with van der Waals surface area (Å²) < 4.78 is 4.41. The molecule has 1 aliphatic heterocycles. The molecule has 4 rings (SSSR count). The maximum Gasteiger partial charge on any atom is 0.205 e. The van der Waals surface area contributed by atoms with E-state index in [0.29, 0.717) is 0 Å². The van der Waals surface area contributed by atoms with Crippen LogP contribution in [-0.2, 0) is 6.42 Å². The topological polar surface area (TPSA) is 45.2 Å². The van der Waals surface area contributed by atoms with Crippen LogP contribution in [0.3, 0.4) is 0 Å². The summed E-state index contributed by atoms with van der Waals surface area (Å²) in [6, 6.07) is 12.6. The molecule has 1 saturated heterocycles. The second kappa shape index (κ2) is 6.73. The van der Waals surface area contributed by atoms with Crippen LogP contribution in [-0.4, -0.2) is 40.5 Å². The fourth-order valence-corrected chi connectivity index (χ4v) is 3.89. The highest BCUT2D eigenvalue weighted by Gasteiger charge is 2.19. The number of hydrogen-bond acceptors (Lipinski definition) is 6. The van der Waals surface area contributed by atoms with Gasteiger partial charge in [-0.15, -0.1) is 0 Å². The smallest absolute Gasteiger partial charge is 0.205 e. The number of rotatable bonds is 3. The Labute approximate surface area is 146 Å². The molecule has 1 aliphatic rings. The van der Waals surface area contributed by atoms with Gasteiger partial charge in [0.05, 0.1) is 5.52 Å². The van der Waals surface area contributed by atoms with E-state index in [9.17, 15) is 0 Å². The van der Waals surface area contributed by atoms with Gasteiger partial charge in [-0.2, -0.15) is 4.37 Å². The van der Waals surface area contributed by atoms with Crippen molar-refractivity contribution in [3.8, 4) is 0 Å². The van der Waals surface area contributed by atoms with Crippen molar-refractivity contribution < 1.29 is 0 Å². The van der Waals surface area contributed by atoms with Gasteiger partial charge < -0.3 is 9.80 Å². The number of nitrogens with zero attached hydrogens (tertiary/aromatic N) is 5. The largest absolute Gasteiger partial charge is 0.355 e. The monoisotopic (exact) mass is 339 g/mol. The minimum Gasteiger partial charge on any atom is -0.355 e. The molecule has 0 N–H and O–H groups in total. The average Bonchev–Trinajstić information content (AvgIpc) is 2.98. The number of pyridine rings is 1. The van der Waals surface area contributed by atoms with Crippen LogP contribution < -0.4 is 9.80 Å². The van der Waals surface area contributed by atoms with Gasteiger partial charge in [-0.05, 0) is 24.6 Å². The highest BCUT2D eigenvalue weighted by molar-refractivity contribution is 7.09. The Hall–Kier alpha value is -2.21. The zero-order valence-electron chi connectivity index (χ0n) is 13.9. The molecule has 0 radical (unpaired) electrons. The van der Waals surface area contributed by atoms with Crippen molar-refractivity contribution >= 4 is 33.4 Å². The van der Waals surface area contributed by atoms with Crippen molar-refractivity contribution in [2.45, 2.75) is 19.8 Å². The molecule has 0 amide bonds. The second-order valence-corrected chi connectivity index (χ2v) is 6.77. The lowest BCUT2D eigenvalue weighted by Gasteiger charge is -2.22. The van der Waals surface area contributed by atoms with Crippen LogP contribution >= 0.6 is 11.5 Å². The van der Waals surface area contributed by atoms with Gasteiger partial charge in [-0.25, -0.2) is 9.97 Å². The van der Waals surface area contributed by atoms with Crippen LogP contribution in [0.1, 0.15) is 19.2 Å². The van der Waals surface area contributed by atoms with Crippen LogP contribution in [0.2, 0.25) is 0 Å². The zero-order valence-corrected chi connectivity index (χ0v) is 14.7. The van der Waals surface area contributed by atoms with E-state index in [1.807, 2.05) is 6.07 Å². The van der Waals surface area contributed by atoms with Gasteiger partial charge in [0.15, 0.2) is 0 Å². The van der Waals surface area contributed by atoms with Crippen molar-refractivity contribution in [1.82, 2.24) is 14.3 Å². The van der Waals surface area contributed by atoms with Crippen molar-refractivity contribution in [1.29, 1.82) is 0 Å². The third-order valence-corrected chi connectivity index (χ3v) is 5.26. The summed E-state index contributed by atoms with van der Waals surface area (Å²) in [7, 11) is 0. The Morgan fingerprint density at radius 2 is 1.79 bits per heavy atom. The van der Waals surface area contributed by atoms with E-state index in [2.05, 4.69) is 56.4 Å². The molecule has 0 bridgehead atoms. The summed E-state index contributed by atoms with van der Waals surface area (Å²) in [5.74, 6) is 2.02. The van der Waals surface area contributed by atoms with Gasteiger partial charge in [0, 0.05) is 49.5 Å². The van der Waals surface area contributed by atoms with Crippen LogP contribution in [0, 0.1) is 0 Å². The van der Waals surface area contributed by atoms with E-state index in [1.54, 1.807) is 0 Å². The van der Waals surface area contributed by atoms with Gasteiger partial charge in [0.1, 0.15) is 11.6 Å². The van der Waals surface area contributed by atoms with E-state index >= 15 is 0 Å². The van der Waals surface area contributed by atoms with Gasteiger partial charge in [-0.1, -0.05) is 25.1 Å². The predicted molar refractivity (Wildman–Crippen MR) is 100 cm³/mol. The Morgan fingerprint density at radius 3 is 2.67 bits per heavy atom. The number of aromatic nitrogens is 3. The van der Waals surface area contributed by atoms with Gasteiger partial charge >= 0.3 is 0 Å². The van der Waals surface area contributed by atoms with Crippen molar-refractivity contribution in [3.05, 3.63) is 42.2 Å².